The van der Waals surface area contributed by atoms with Crippen molar-refractivity contribution in [3.8, 4) is 17.2 Å². The number of anilines is 1. The Morgan fingerprint density at radius 2 is 2.12 bits per heavy atom. The zero-order valence-corrected chi connectivity index (χ0v) is 13.1. The second kappa shape index (κ2) is 5.75. The molecule has 0 bridgehead atoms. The van der Waals surface area contributed by atoms with Crippen molar-refractivity contribution in [2.24, 2.45) is 0 Å². The molecule has 1 amide bonds. The highest BCUT2D eigenvalue weighted by Gasteiger charge is 2.15. The van der Waals surface area contributed by atoms with Crippen molar-refractivity contribution in [3.63, 3.8) is 0 Å². The Kier molecular flexibility index (Phi) is 3.42. The summed E-state index contributed by atoms with van der Waals surface area (Å²) >= 11 is 0. The summed E-state index contributed by atoms with van der Waals surface area (Å²) in [6.07, 6.45) is 1.25. The minimum Gasteiger partial charge on any atom is -0.507 e. The molecule has 124 valence electrons. The van der Waals surface area contributed by atoms with Crippen molar-refractivity contribution in [1.82, 2.24) is 20.2 Å². The Labute approximate surface area is 141 Å². The van der Waals surface area contributed by atoms with E-state index in [1.54, 1.807) is 12.1 Å². The van der Waals surface area contributed by atoms with Gasteiger partial charge in [0.15, 0.2) is 5.58 Å². The molecule has 2 aromatic carbocycles. The first-order valence-electron chi connectivity index (χ1n) is 7.47. The SMILES string of the molecule is Cc1ccc2nc(-c3cc(NC(=O)c4ncn[nH]4)ccc3O)oc2c1. The monoisotopic (exact) mass is 335 g/mol. The minimum absolute atomic E-state index is 0.000873. The van der Waals surface area contributed by atoms with Crippen molar-refractivity contribution in [1.29, 1.82) is 0 Å². The van der Waals surface area contributed by atoms with Crippen LogP contribution in [-0.2, 0) is 0 Å². The lowest BCUT2D eigenvalue weighted by Gasteiger charge is -2.06. The van der Waals surface area contributed by atoms with E-state index in [1.807, 2.05) is 25.1 Å². The van der Waals surface area contributed by atoms with Crippen molar-refractivity contribution in [3.05, 3.63) is 54.1 Å². The Balaban J connectivity index is 1.70. The van der Waals surface area contributed by atoms with Crippen LogP contribution in [0, 0.1) is 6.92 Å². The molecular formula is C17H13N5O3. The number of benzene rings is 2. The fourth-order valence-electron chi connectivity index (χ4n) is 2.44. The van der Waals surface area contributed by atoms with Crippen LogP contribution in [0.25, 0.3) is 22.6 Å². The highest BCUT2D eigenvalue weighted by molar-refractivity contribution is 6.01. The van der Waals surface area contributed by atoms with E-state index in [9.17, 15) is 9.90 Å². The quantitative estimate of drug-likeness (QED) is 0.496. The smallest absolute Gasteiger partial charge is 0.292 e. The Morgan fingerprint density at radius 3 is 2.92 bits per heavy atom. The number of nitrogens with zero attached hydrogens (tertiary/aromatic N) is 3. The van der Waals surface area contributed by atoms with E-state index in [1.165, 1.54) is 12.4 Å². The molecule has 0 spiro atoms. The van der Waals surface area contributed by atoms with E-state index < -0.39 is 5.91 Å². The first-order valence-corrected chi connectivity index (χ1v) is 7.47. The van der Waals surface area contributed by atoms with Gasteiger partial charge in [0, 0.05) is 5.69 Å². The van der Waals surface area contributed by atoms with Gasteiger partial charge < -0.3 is 14.8 Å². The third-order valence-corrected chi connectivity index (χ3v) is 3.66. The molecular weight excluding hydrogens is 322 g/mol. The highest BCUT2D eigenvalue weighted by atomic mass is 16.3. The normalized spacial score (nSPS) is 10.9. The Hall–Kier alpha value is -3.68. The standard InChI is InChI=1S/C17H13N5O3/c1-9-2-4-12-14(6-9)25-17(21-12)11-7-10(3-5-13(11)23)20-16(24)15-18-8-19-22-15/h2-8,23H,1H3,(H,20,24)(H,18,19,22). The van der Waals surface area contributed by atoms with Crippen molar-refractivity contribution < 1.29 is 14.3 Å². The fourth-order valence-corrected chi connectivity index (χ4v) is 2.44. The number of nitrogens with one attached hydrogen (secondary N) is 2. The number of rotatable bonds is 3. The maximum absolute atomic E-state index is 12.0. The third kappa shape index (κ3) is 2.80. The van der Waals surface area contributed by atoms with E-state index in [0.29, 0.717) is 22.4 Å². The summed E-state index contributed by atoms with van der Waals surface area (Å²) < 4.78 is 5.74. The average molecular weight is 335 g/mol. The molecule has 0 unspecified atom stereocenters. The predicted octanol–water partition coefficient (Wildman–Crippen LogP) is 2.88. The van der Waals surface area contributed by atoms with Crippen LogP contribution < -0.4 is 5.32 Å². The second-order valence-electron chi connectivity index (χ2n) is 5.51. The first kappa shape index (κ1) is 14.9. The van der Waals surface area contributed by atoms with Gasteiger partial charge in [-0.2, -0.15) is 5.10 Å². The molecule has 4 rings (SSSR count). The molecule has 3 N–H and O–H groups in total. The van der Waals surface area contributed by atoms with Gasteiger partial charge in [-0.15, -0.1) is 0 Å². The number of oxazole rings is 1. The van der Waals surface area contributed by atoms with E-state index >= 15 is 0 Å². The minimum atomic E-state index is -0.442. The molecule has 25 heavy (non-hydrogen) atoms. The van der Waals surface area contributed by atoms with Gasteiger partial charge in [-0.1, -0.05) is 6.07 Å². The molecule has 8 heteroatoms. The number of phenols is 1. The number of amides is 1. The Morgan fingerprint density at radius 1 is 1.24 bits per heavy atom. The highest BCUT2D eigenvalue weighted by Crippen LogP contribution is 2.33. The summed E-state index contributed by atoms with van der Waals surface area (Å²) in [5.74, 6) is -0.0795. The third-order valence-electron chi connectivity index (χ3n) is 3.66. The largest absolute Gasteiger partial charge is 0.507 e. The van der Waals surface area contributed by atoms with Crippen LogP contribution in [0.15, 0.2) is 47.1 Å². The molecule has 2 aromatic heterocycles. The van der Waals surface area contributed by atoms with E-state index in [-0.39, 0.29) is 17.5 Å². The Bertz CT molecular complexity index is 1070. The zero-order chi connectivity index (χ0) is 17.4. The second-order valence-corrected chi connectivity index (χ2v) is 5.51. The predicted molar refractivity (Wildman–Crippen MR) is 90.2 cm³/mol. The van der Waals surface area contributed by atoms with Gasteiger partial charge in [-0.25, -0.2) is 9.97 Å². The number of fused-ring (bicyclic) bond motifs is 1. The van der Waals surface area contributed by atoms with Crippen LogP contribution in [0.3, 0.4) is 0 Å². The van der Waals surface area contributed by atoms with Crippen LogP contribution >= 0.6 is 0 Å². The van der Waals surface area contributed by atoms with Crippen LogP contribution in [0.4, 0.5) is 5.69 Å². The summed E-state index contributed by atoms with van der Waals surface area (Å²) in [4.78, 5) is 20.2. The number of aromatic nitrogens is 4. The van der Waals surface area contributed by atoms with E-state index in [4.69, 9.17) is 4.42 Å². The number of hydrogen-bond donors (Lipinski definition) is 3. The van der Waals surface area contributed by atoms with Gasteiger partial charge in [-0.05, 0) is 42.8 Å². The molecule has 0 atom stereocenters. The molecule has 0 aliphatic rings. The van der Waals surface area contributed by atoms with Crippen molar-refractivity contribution >= 4 is 22.7 Å². The molecule has 0 fully saturated rings. The van der Waals surface area contributed by atoms with Crippen LogP contribution in [0.1, 0.15) is 16.2 Å². The summed E-state index contributed by atoms with van der Waals surface area (Å²) in [5.41, 5.74) is 3.21. The lowest BCUT2D eigenvalue weighted by molar-refractivity contribution is 0.101. The van der Waals surface area contributed by atoms with Gasteiger partial charge in [-0.3, -0.25) is 9.89 Å². The first-order chi connectivity index (χ1) is 12.1. The molecule has 0 radical (unpaired) electrons. The summed E-state index contributed by atoms with van der Waals surface area (Å²) in [6, 6.07) is 10.3. The van der Waals surface area contributed by atoms with Crippen molar-refractivity contribution in [2.45, 2.75) is 6.92 Å². The fraction of sp³-hybridized carbons (Fsp3) is 0.0588. The van der Waals surface area contributed by atoms with Gasteiger partial charge in [0.05, 0.1) is 5.56 Å². The number of aryl methyl sites for hydroxylation is 1. The lowest BCUT2D eigenvalue weighted by atomic mass is 10.1. The molecule has 0 aliphatic carbocycles. The van der Waals surface area contributed by atoms with Crippen molar-refractivity contribution in [2.75, 3.05) is 5.32 Å². The molecule has 2 heterocycles. The van der Waals surface area contributed by atoms with Crippen LogP contribution in [-0.4, -0.2) is 31.2 Å². The summed E-state index contributed by atoms with van der Waals surface area (Å²) in [7, 11) is 0. The van der Waals surface area contributed by atoms with Gasteiger partial charge in [0.25, 0.3) is 5.91 Å². The molecule has 4 aromatic rings. The van der Waals surface area contributed by atoms with Gasteiger partial charge >= 0.3 is 0 Å². The maximum Gasteiger partial charge on any atom is 0.292 e. The summed E-state index contributed by atoms with van der Waals surface area (Å²) in [5, 5.41) is 18.9. The van der Waals surface area contributed by atoms with Crippen LogP contribution in [0.2, 0.25) is 0 Å². The number of H-pyrrole nitrogens is 1. The molecule has 0 saturated carbocycles. The number of carbonyl (C=O) groups excluding carboxylic acids is 1. The average Bonchev–Trinajstić information content (AvgIpc) is 3.25. The van der Waals surface area contributed by atoms with Gasteiger partial charge in [0.1, 0.15) is 17.6 Å². The van der Waals surface area contributed by atoms with Gasteiger partial charge in [0.2, 0.25) is 11.7 Å². The van der Waals surface area contributed by atoms with E-state index in [2.05, 4.69) is 25.5 Å². The lowest BCUT2D eigenvalue weighted by Crippen LogP contribution is -2.13. The molecule has 0 saturated heterocycles. The number of aromatic hydroxyl groups is 1. The number of phenolic OH excluding ortho intramolecular Hbond substituents is 1. The molecule has 0 aliphatic heterocycles. The zero-order valence-electron chi connectivity index (χ0n) is 13.1. The number of hydrogen-bond acceptors (Lipinski definition) is 6. The number of carbonyl (C=O) groups is 1. The molecule has 8 nitrogen and oxygen atoms in total. The number of aromatic amines is 1. The summed E-state index contributed by atoms with van der Waals surface area (Å²) in [6.45, 7) is 1.96. The van der Waals surface area contributed by atoms with Crippen LogP contribution in [0.5, 0.6) is 5.75 Å². The maximum atomic E-state index is 12.0. The topological polar surface area (TPSA) is 117 Å². The van der Waals surface area contributed by atoms with E-state index in [0.717, 1.165) is 5.56 Å².